The van der Waals surface area contributed by atoms with E-state index in [1.165, 1.54) is 17.8 Å². The van der Waals surface area contributed by atoms with Gasteiger partial charge in [-0.1, -0.05) is 24.7 Å². The highest BCUT2D eigenvalue weighted by Gasteiger charge is 2.49. The summed E-state index contributed by atoms with van der Waals surface area (Å²) in [5.41, 5.74) is 6.20. The number of carbonyl (C=O) groups excluding carboxylic acids is 1. The van der Waals surface area contributed by atoms with Gasteiger partial charge in [-0.25, -0.2) is 0 Å². The third-order valence-corrected chi connectivity index (χ3v) is 5.62. The first-order valence-electron chi connectivity index (χ1n) is 7.58. The Morgan fingerprint density at radius 2 is 2.14 bits per heavy atom. The Morgan fingerprint density at radius 1 is 1.38 bits per heavy atom. The van der Waals surface area contributed by atoms with Crippen molar-refractivity contribution in [2.75, 3.05) is 5.32 Å². The molecule has 5 nitrogen and oxygen atoms in total. The average molecular weight is 331 g/mol. The summed E-state index contributed by atoms with van der Waals surface area (Å²) in [6, 6.07) is 0.0289. The second kappa shape index (κ2) is 7.03. The van der Waals surface area contributed by atoms with Crippen molar-refractivity contribution in [1.82, 2.24) is 10.2 Å². The molecule has 0 aliphatic heterocycles. The topological polar surface area (TPSA) is 80.9 Å². The zero-order valence-corrected chi connectivity index (χ0v) is 13.9. The molecule has 3 N–H and O–H groups in total. The van der Waals surface area contributed by atoms with Crippen molar-refractivity contribution in [2.24, 2.45) is 23.5 Å². The lowest BCUT2D eigenvalue weighted by molar-refractivity contribution is -0.121. The molecule has 1 heterocycles. The van der Waals surface area contributed by atoms with E-state index in [9.17, 15) is 4.79 Å². The molecule has 1 amide bonds. The van der Waals surface area contributed by atoms with Crippen LogP contribution in [0.1, 0.15) is 44.0 Å². The second-order valence-corrected chi connectivity index (χ2v) is 7.09. The third kappa shape index (κ3) is 3.38. The maximum Gasteiger partial charge on any atom is 0.231 e. The number of aryl methyl sites for hydroxylation is 1. The molecule has 118 valence electrons. The van der Waals surface area contributed by atoms with Crippen LogP contribution in [0.3, 0.4) is 0 Å². The highest BCUT2D eigenvalue weighted by Crippen LogP contribution is 2.47. The van der Waals surface area contributed by atoms with E-state index >= 15 is 0 Å². The van der Waals surface area contributed by atoms with Gasteiger partial charge in [0.15, 0.2) is 0 Å². The number of halogens is 1. The Hall–Kier alpha value is -0.720. The van der Waals surface area contributed by atoms with Crippen molar-refractivity contribution in [3.05, 3.63) is 5.01 Å². The van der Waals surface area contributed by atoms with Crippen LogP contribution in [0.15, 0.2) is 0 Å². The Balaban J connectivity index is 0.00000161. The lowest BCUT2D eigenvalue weighted by Crippen LogP contribution is -2.42. The van der Waals surface area contributed by atoms with E-state index in [1.54, 1.807) is 0 Å². The van der Waals surface area contributed by atoms with Crippen molar-refractivity contribution in [1.29, 1.82) is 0 Å². The lowest BCUT2D eigenvalue weighted by atomic mass is 9.84. The Labute approximate surface area is 135 Å². The van der Waals surface area contributed by atoms with E-state index in [0.717, 1.165) is 37.1 Å². The number of fused-ring (bicyclic) bond motifs is 2. The highest BCUT2D eigenvalue weighted by molar-refractivity contribution is 7.15. The van der Waals surface area contributed by atoms with Gasteiger partial charge in [-0.2, -0.15) is 0 Å². The van der Waals surface area contributed by atoms with Gasteiger partial charge in [0.05, 0.1) is 5.92 Å². The van der Waals surface area contributed by atoms with Crippen LogP contribution in [-0.2, 0) is 11.2 Å². The number of nitrogens with one attached hydrogen (secondary N) is 1. The minimum Gasteiger partial charge on any atom is -0.327 e. The largest absolute Gasteiger partial charge is 0.327 e. The van der Waals surface area contributed by atoms with Crippen LogP contribution in [0, 0.1) is 17.8 Å². The fraction of sp³-hybridized carbons (Fsp3) is 0.786. The number of hydrogen-bond donors (Lipinski definition) is 2. The lowest BCUT2D eigenvalue weighted by Gasteiger charge is -2.26. The molecular formula is C14H23ClN4OS. The second-order valence-electron chi connectivity index (χ2n) is 6.03. The fourth-order valence-corrected chi connectivity index (χ4v) is 4.43. The molecule has 4 unspecified atom stereocenters. The predicted octanol–water partition coefficient (Wildman–Crippen LogP) is 2.61. The summed E-state index contributed by atoms with van der Waals surface area (Å²) in [7, 11) is 0. The van der Waals surface area contributed by atoms with Gasteiger partial charge in [-0.15, -0.1) is 22.6 Å². The van der Waals surface area contributed by atoms with Crippen molar-refractivity contribution in [3.63, 3.8) is 0 Å². The zero-order valence-electron chi connectivity index (χ0n) is 12.2. The van der Waals surface area contributed by atoms with E-state index in [2.05, 4.69) is 22.4 Å². The van der Waals surface area contributed by atoms with Crippen molar-refractivity contribution >= 4 is 34.8 Å². The number of anilines is 1. The van der Waals surface area contributed by atoms with E-state index < -0.39 is 0 Å². The van der Waals surface area contributed by atoms with Gasteiger partial charge in [0.25, 0.3) is 0 Å². The summed E-state index contributed by atoms with van der Waals surface area (Å²) in [5.74, 6) is 1.03. The molecule has 0 spiro atoms. The predicted molar refractivity (Wildman–Crippen MR) is 86.7 cm³/mol. The van der Waals surface area contributed by atoms with Gasteiger partial charge in [-0.3, -0.25) is 4.79 Å². The first-order valence-corrected chi connectivity index (χ1v) is 8.39. The highest BCUT2D eigenvalue weighted by atomic mass is 35.5. The first-order chi connectivity index (χ1) is 9.69. The fourth-order valence-electron chi connectivity index (χ4n) is 3.65. The normalized spacial score (nSPS) is 30.2. The average Bonchev–Trinajstić information content (AvgIpc) is 3.12. The van der Waals surface area contributed by atoms with Crippen molar-refractivity contribution in [3.8, 4) is 0 Å². The molecule has 2 bridgehead atoms. The van der Waals surface area contributed by atoms with E-state index in [1.807, 2.05) is 0 Å². The maximum atomic E-state index is 12.4. The van der Waals surface area contributed by atoms with Crippen LogP contribution in [-0.4, -0.2) is 22.1 Å². The van der Waals surface area contributed by atoms with Gasteiger partial charge in [0.2, 0.25) is 11.0 Å². The number of amides is 1. The third-order valence-electron chi connectivity index (χ3n) is 4.72. The molecule has 0 aromatic carbocycles. The van der Waals surface area contributed by atoms with Crippen molar-refractivity contribution < 1.29 is 4.79 Å². The molecule has 0 saturated heterocycles. The minimum absolute atomic E-state index is 0. The van der Waals surface area contributed by atoms with Crippen LogP contribution in [0.2, 0.25) is 0 Å². The number of aromatic nitrogens is 2. The Kier molecular flexibility index (Phi) is 5.57. The molecule has 2 fully saturated rings. The van der Waals surface area contributed by atoms with Gasteiger partial charge in [0, 0.05) is 12.5 Å². The quantitative estimate of drug-likeness (QED) is 0.869. The summed E-state index contributed by atoms with van der Waals surface area (Å²) in [6.45, 7) is 2.15. The van der Waals surface area contributed by atoms with Crippen LogP contribution < -0.4 is 11.1 Å². The molecule has 2 aliphatic rings. The van der Waals surface area contributed by atoms with Crippen LogP contribution >= 0.6 is 23.7 Å². The Morgan fingerprint density at radius 3 is 2.81 bits per heavy atom. The van der Waals surface area contributed by atoms with Crippen LogP contribution in [0.4, 0.5) is 5.13 Å². The number of rotatable bonds is 5. The molecule has 1 aromatic heterocycles. The zero-order chi connectivity index (χ0) is 14.1. The molecule has 2 saturated carbocycles. The molecule has 1 aromatic rings. The molecule has 7 heteroatoms. The summed E-state index contributed by atoms with van der Waals surface area (Å²) in [5, 5.41) is 12.7. The standard InChI is InChI=1S/C14H22N4OS.ClH/c1-2-3-4-10-17-18-14(20-10)16-13(19)11-8-5-6-9(7-8)12(11)15;/h8-9,11-12H,2-7,15H2,1H3,(H,16,18,19);1H. The molecule has 2 aliphatic carbocycles. The van der Waals surface area contributed by atoms with E-state index in [4.69, 9.17) is 5.73 Å². The minimum atomic E-state index is -0.0308. The monoisotopic (exact) mass is 330 g/mol. The smallest absolute Gasteiger partial charge is 0.231 e. The summed E-state index contributed by atoms with van der Waals surface area (Å²) < 4.78 is 0. The van der Waals surface area contributed by atoms with Crippen LogP contribution in [0.5, 0.6) is 0 Å². The maximum absolute atomic E-state index is 12.4. The molecular weight excluding hydrogens is 308 g/mol. The van der Waals surface area contributed by atoms with Gasteiger partial charge < -0.3 is 11.1 Å². The van der Waals surface area contributed by atoms with E-state index in [-0.39, 0.29) is 30.3 Å². The molecule has 3 rings (SSSR count). The van der Waals surface area contributed by atoms with Gasteiger partial charge >= 0.3 is 0 Å². The van der Waals surface area contributed by atoms with E-state index in [0.29, 0.717) is 17.0 Å². The Bertz CT molecular complexity index is 493. The first kappa shape index (κ1) is 16.6. The molecule has 4 atom stereocenters. The van der Waals surface area contributed by atoms with Crippen molar-refractivity contribution in [2.45, 2.75) is 51.5 Å². The molecule has 21 heavy (non-hydrogen) atoms. The van der Waals surface area contributed by atoms with Gasteiger partial charge in [0.1, 0.15) is 5.01 Å². The number of unbranched alkanes of at least 4 members (excludes halogenated alkanes) is 1. The summed E-state index contributed by atoms with van der Waals surface area (Å²) in [6.07, 6.45) is 6.65. The number of nitrogens with zero attached hydrogens (tertiary/aromatic N) is 2. The van der Waals surface area contributed by atoms with Gasteiger partial charge in [-0.05, 0) is 37.5 Å². The summed E-state index contributed by atoms with van der Waals surface area (Å²) >= 11 is 1.49. The SMILES string of the molecule is CCCCc1nnc(NC(=O)C2C3CCC(C3)C2N)s1.Cl. The summed E-state index contributed by atoms with van der Waals surface area (Å²) in [4.78, 5) is 12.4. The van der Waals surface area contributed by atoms with Crippen LogP contribution in [0.25, 0.3) is 0 Å². The molecule has 0 radical (unpaired) electrons. The number of hydrogen-bond acceptors (Lipinski definition) is 5. The number of carbonyl (C=O) groups is 1. The number of nitrogens with two attached hydrogens (primary N) is 1.